The van der Waals surface area contributed by atoms with E-state index in [1.165, 1.54) is 10.9 Å². The van der Waals surface area contributed by atoms with Crippen LogP contribution in [0.15, 0.2) is 29.0 Å². The molecule has 5 rings (SSSR count). The molecule has 1 aliphatic heterocycles. The van der Waals surface area contributed by atoms with Gasteiger partial charge in [-0.05, 0) is 51.3 Å². The number of nitrogens with zero attached hydrogens (tertiary/aromatic N) is 3. The van der Waals surface area contributed by atoms with Gasteiger partial charge in [-0.15, -0.1) is 0 Å². The van der Waals surface area contributed by atoms with E-state index < -0.39 is 5.60 Å². The maximum Gasteiger partial charge on any atom is 0.410 e. The number of carbonyl (C=O) groups excluding carboxylic acids is 1. The van der Waals surface area contributed by atoms with Gasteiger partial charge in [0, 0.05) is 64.4 Å². The average Bonchev–Trinajstić information content (AvgIpc) is 3.12. The summed E-state index contributed by atoms with van der Waals surface area (Å²) in [6.45, 7) is 6.97. The van der Waals surface area contributed by atoms with Gasteiger partial charge in [-0.1, -0.05) is 15.9 Å². The number of piperidine rings is 1. The molecule has 1 amide bonds. The van der Waals surface area contributed by atoms with Crippen molar-refractivity contribution in [3.8, 4) is 11.3 Å². The fourth-order valence-corrected chi connectivity index (χ4v) is 4.96. The highest BCUT2D eigenvalue weighted by Crippen LogP contribution is 2.39. The van der Waals surface area contributed by atoms with Crippen molar-refractivity contribution >= 4 is 38.9 Å². The zero-order chi connectivity index (χ0) is 21.8. The molecule has 2 aromatic heterocycles. The number of aromatic amines is 1. The lowest BCUT2D eigenvalue weighted by atomic mass is 9.91. The molecule has 1 saturated heterocycles. The van der Waals surface area contributed by atoms with Gasteiger partial charge in [-0.2, -0.15) is 0 Å². The van der Waals surface area contributed by atoms with Gasteiger partial charge in [0.15, 0.2) is 0 Å². The first kappa shape index (κ1) is 20.3. The fourth-order valence-electron chi connectivity index (χ4n) is 4.46. The number of hydrogen-bond donors (Lipinski definition) is 2. The van der Waals surface area contributed by atoms with Crippen molar-refractivity contribution in [1.29, 1.82) is 0 Å². The molecule has 0 radical (unpaired) electrons. The molecule has 2 aliphatic rings. The second-order valence-electron chi connectivity index (χ2n) is 9.34. The van der Waals surface area contributed by atoms with E-state index in [9.17, 15) is 4.79 Å². The Labute approximate surface area is 189 Å². The highest BCUT2D eigenvalue weighted by atomic mass is 79.9. The topological polar surface area (TPSA) is 83.1 Å². The molecule has 2 N–H and O–H groups in total. The summed E-state index contributed by atoms with van der Waals surface area (Å²) in [6.07, 6.45) is 6.38. The van der Waals surface area contributed by atoms with Crippen molar-refractivity contribution in [2.75, 3.05) is 18.4 Å². The number of ether oxygens (including phenoxy) is 1. The predicted octanol–water partition coefficient (Wildman–Crippen LogP) is 5.10. The lowest BCUT2D eigenvalue weighted by Gasteiger charge is -2.34. The number of halogens is 1. The number of hydrogen-bond acceptors (Lipinski definition) is 5. The average molecular weight is 484 g/mol. The molecule has 0 bridgehead atoms. The van der Waals surface area contributed by atoms with Crippen LogP contribution >= 0.6 is 15.9 Å². The number of fused-ring (bicyclic) bond motifs is 2. The van der Waals surface area contributed by atoms with Gasteiger partial charge < -0.3 is 19.9 Å². The molecule has 3 aromatic rings. The van der Waals surface area contributed by atoms with Crippen molar-refractivity contribution in [3.63, 3.8) is 0 Å². The summed E-state index contributed by atoms with van der Waals surface area (Å²) in [5, 5.41) is 4.68. The fraction of sp³-hybridized carbons (Fsp3) is 0.435. The standard InChI is InChI=1S/C23H26BrN5O2/c1-23(2,3)31-22(30)29-6-4-5-16(12-29)27-21-26-10-14-7-13-8-15(24)9-18-19(13)17(11-25-18)20(14)28-21/h8-11,16,25H,4-7,12H2,1-3H3,(H,26,27,28)/t16-/m0/s1. The largest absolute Gasteiger partial charge is 0.444 e. The SMILES string of the molecule is CC(C)(C)OC(=O)N1CCC[C@H](Nc2ncc3c(n2)-c2c[nH]c4cc(Br)cc(c24)C3)C1. The second kappa shape index (κ2) is 7.51. The van der Waals surface area contributed by atoms with E-state index in [4.69, 9.17) is 9.72 Å². The minimum Gasteiger partial charge on any atom is -0.444 e. The van der Waals surface area contributed by atoms with E-state index in [0.29, 0.717) is 19.0 Å². The quantitative estimate of drug-likeness (QED) is 0.414. The molecule has 0 spiro atoms. The van der Waals surface area contributed by atoms with Crippen LogP contribution in [0.3, 0.4) is 0 Å². The number of carbonyl (C=O) groups is 1. The molecule has 1 aliphatic carbocycles. The van der Waals surface area contributed by atoms with E-state index in [1.807, 2.05) is 33.2 Å². The number of rotatable bonds is 2. The van der Waals surface area contributed by atoms with Crippen LogP contribution in [-0.4, -0.2) is 50.7 Å². The van der Waals surface area contributed by atoms with Gasteiger partial charge in [0.25, 0.3) is 0 Å². The number of anilines is 1. The number of amides is 1. The van der Waals surface area contributed by atoms with Gasteiger partial charge in [0.1, 0.15) is 5.60 Å². The van der Waals surface area contributed by atoms with Crippen LogP contribution < -0.4 is 5.32 Å². The number of nitrogens with one attached hydrogen (secondary N) is 2. The normalized spacial score (nSPS) is 18.1. The van der Waals surface area contributed by atoms with Gasteiger partial charge in [-0.25, -0.2) is 14.8 Å². The zero-order valence-corrected chi connectivity index (χ0v) is 19.5. The molecular formula is C23H26BrN5O2. The minimum absolute atomic E-state index is 0.0948. The first-order valence-corrected chi connectivity index (χ1v) is 11.5. The molecule has 1 aromatic carbocycles. The van der Waals surface area contributed by atoms with Crippen molar-refractivity contribution in [3.05, 3.63) is 40.1 Å². The Balaban J connectivity index is 1.36. The van der Waals surface area contributed by atoms with Crippen LogP contribution in [0.2, 0.25) is 0 Å². The van der Waals surface area contributed by atoms with Gasteiger partial charge in [-0.3, -0.25) is 0 Å². The minimum atomic E-state index is -0.493. The van der Waals surface area contributed by atoms with Crippen LogP contribution in [0, 0.1) is 0 Å². The molecular weight excluding hydrogens is 458 g/mol. The summed E-state index contributed by atoms with van der Waals surface area (Å²) < 4.78 is 6.60. The lowest BCUT2D eigenvalue weighted by Crippen LogP contribution is -2.47. The Bertz CT molecular complexity index is 1170. The number of H-pyrrole nitrogens is 1. The van der Waals surface area contributed by atoms with Crippen molar-refractivity contribution in [2.24, 2.45) is 0 Å². The second-order valence-corrected chi connectivity index (χ2v) is 10.3. The van der Waals surface area contributed by atoms with Crippen LogP contribution in [0.5, 0.6) is 0 Å². The number of likely N-dealkylation sites (tertiary alicyclic amines) is 1. The third-order valence-corrected chi connectivity index (χ3v) is 6.19. The van der Waals surface area contributed by atoms with E-state index >= 15 is 0 Å². The van der Waals surface area contributed by atoms with E-state index in [-0.39, 0.29) is 12.1 Å². The Morgan fingerprint density at radius 3 is 2.97 bits per heavy atom. The van der Waals surface area contributed by atoms with Crippen LogP contribution in [0.25, 0.3) is 22.2 Å². The van der Waals surface area contributed by atoms with E-state index in [2.05, 4.69) is 43.3 Å². The molecule has 31 heavy (non-hydrogen) atoms. The van der Waals surface area contributed by atoms with Crippen molar-refractivity contribution < 1.29 is 9.53 Å². The molecule has 0 saturated carbocycles. The molecule has 3 heterocycles. The molecule has 162 valence electrons. The Kier molecular flexibility index (Phi) is 4.92. The highest BCUT2D eigenvalue weighted by molar-refractivity contribution is 9.10. The summed E-state index contributed by atoms with van der Waals surface area (Å²) in [4.78, 5) is 27.0. The van der Waals surface area contributed by atoms with E-state index in [1.54, 1.807) is 4.90 Å². The van der Waals surface area contributed by atoms with Crippen LogP contribution in [-0.2, 0) is 11.2 Å². The summed E-state index contributed by atoms with van der Waals surface area (Å²) in [6, 6.07) is 4.36. The highest BCUT2D eigenvalue weighted by Gasteiger charge is 2.28. The van der Waals surface area contributed by atoms with E-state index in [0.717, 1.165) is 46.1 Å². The summed E-state index contributed by atoms with van der Waals surface area (Å²) >= 11 is 3.60. The molecule has 1 fully saturated rings. The smallest absolute Gasteiger partial charge is 0.410 e. The van der Waals surface area contributed by atoms with Crippen LogP contribution in [0.4, 0.5) is 10.7 Å². The monoisotopic (exact) mass is 483 g/mol. The lowest BCUT2D eigenvalue weighted by molar-refractivity contribution is 0.0206. The van der Waals surface area contributed by atoms with Gasteiger partial charge >= 0.3 is 6.09 Å². The summed E-state index contributed by atoms with van der Waals surface area (Å²) in [5.41, 5.74) is 5.10. The summed E-state index contributed by atoms with van der Waals surface area (Å²) in [7, 11) is 0. The first-order chi connectivity index (χ1) is 14.8. The number of aromatic nitrogens is 3. The summed E-state index contributed by atoms with van der Waals surface area (Å²) in [5.74, 6) is 0.602. The predicted molar refractivity (Wildman–Crippen MR) is 124 cm³/mol. The third-order valence-electron chi connectivity index (χ3n) is 5.73. The number of benzene rings is 1. The Morgan fingerprint density at radius 2 is 2.16 bits per heavy atom. The maximum atomic E-state index is 12.5. The Morgan fingerprint density at radius 1 is 1.32 bits per heavy atom. The van der Waals surface area contributed by atoms with Crippen molar-refractivity contribution in [1.82, 2.24) is 19.9 Å². The molecule has 1 atom stereocenters. The molecule has 8 heteroatoms. The Hall–Kier alpha value is -2.61. The molecule has 0 unspecified atom stereocenters. The first-order valence-electron chi connectivity index (χ1n) is 10.7. The van der Waals surface area contributed by atoms with Gasteiger partial charge in [0.2, 0.25) is 5.95 Å². The third kappa shape index (κ3) is 4.01. The maximum absolute atomic E-state index is 12.5. The van der Waals surface area contributed by atoms with Gasteiger partial charge in [0.05, 0.1) is 5.69 Å². The molecule has 7 nitrogen and oxygen atoms in total. The zero-order valence-electron chi connectivity index (χ0n) is 18.0. The van der Waals surface area contributed by atoms with Crippen LogP contribution in [0.1, 0.15) is 44.7 Å². The van der Waals surface area contributed by atoms with Crippen molar-refractivity contribution in [2.45, 2.75) is 51.7 Å².